The van der Waals surface area contributed by atoms with E-state index in [1.165, 1.54) is 6.42 Å². The first-order valence-corrected chi connectivity index (χ1v) is 10.2. The molecule has 1 aliphatic heterocycles. The number of likely N-dealkylation sites (tertiary alicyclic amines) is 1. The first-order valence-electron chi connectivity index (χ1n) is 9.38. The molecule has 26 heavy (non-hydrogen) atoms. The second-order valence-corrected chi connectivity index (χ2v) is 8.38. The largest absolute Gasteiger partial charge is 0.343 e. The van der Waals surface area contributed by atoms with Gasteiger partial charge in [0.15, 0.2) is 0 Å². The maximum absolute atomic E-state index is 12.7. The number of carbonyl (C=O) groups is 1. The summed E-state index contributed by atoms with van der Waals surface area (Å²) in [6.45, 7) is 7.08. The monoisotopic (exact) mass is 376 g/mol. The van der Waals surface area contributed by atoms with Gasteiger partial charge in [0.2, 0.25) is 5.91 Å². The van der Waals surface area contributed by atoms with E-state index in [0.29, 0.717) is 24.3 Å². The Labute approximate surface area is 158 Å². The molecule has 1 aliphatic rings. The summed E-state index contributed by atoms with van der Waals surface area (Å²) in [6, 6.07) is 0. The lowest BCUT2D eigenvalue weighted by Gasteiger charge is -2.32. The molecule has 0 saturated carbocycles. The normalized spacial score (nSPS) is 15.7. The smallest absolute Gasteiger partial charge is 0.262 e. The SMILES string of the molecule is CNCCC1CCN(C(=O)CCn2cnc3sc(C)c(C)c3c2=O)CC1. The van der Waals surface area contributed by atoms with E-state index in [4.69, 9.17) is 0 Å². The molecule has 0 spiro atoms. The molecule has 1 fully saturated rings. The van der Waals surface area contributed by atoms with Crippen LogP contribution in [0.25, 0.3) is 10.2 Å². The van der Waals surface area contributed by atoms with E-state index in [9.17, 15) is 9.59 Å². The quantitative estimate of drug-likeness (QED) is 0.840. The van der Waals surface area contributed by atoms with Gasteiger partial charge in [-0.3, -0.25) is 14.2 Å². The number of aryl methyl sites for hydroxylation is 3. The molecule has 142 valence electrons. The Morgan fingerprint density at radius 2 is 2.08 bits per heavy atom. The Morgan fingerprint density at radius 1 is 1.35 bits per heavy atom. The number of thiophene rings is 1. The molecule has 1 N–H and O–H groups in total. The molecule has 3 heterocycles. The summed E-state index contributed by atoms with van der Waals surface area (Å²) in [5, 5.41) is 3.89. The van der Waals surface area contributed by atoms with Gasteiger partial charge >= 0.3 is 0 Å². The lowest BCUT2D eigenvalue weighted by atomic mass is 9.93. The van der Waals surface area contributed by atoms with Crippen LogP contribution in [0, 0.1) is 19.8 Å². The van der Waals surface area contributed by atoms with E-state index in [0.717, 1.165) is 47.7 Å². The third-order valence-electron chi connectivity index (χ3n) is 5.49. The average Bonchev–Trinajstić information content (AvgIpc) is 2.94. The zero-order valence-electron chi connectivity index (χ0n) is 15.9. The van der Waals surface area contributed by atoms with E-state index in [-0.39, 0.29) is 11.5 Å². The number of rotatable bonds is 6. The Kier molecular flexibility index (Phi) is 6.09. The number of fused-ring (bicyclic) bond motifs is 1. The number of aromatic nitrogens is 2. The average molecular weight is 377 g/mol. The van der Waals surface area contributed by atoms with Gasteiger partial charge in [0.05, 0.1) is 11.7 Å². The Balaban J connectivity index is 1.58. The highest BCUT2D eigenvalue weighted by Crippen LogP contribution is 2.25. The van der Waals surface area contributed by atoms with Crippen LogP contribution in [0.1, 0.15) is 36.1 Å². The third kappa shape index (κ3) is 3.99. The van der Waals surface area contributed by atoms with Gasteiger partial charge in [0, 0.05) is 30.9 Å². The highest BCUT2D eigenvalue weighted by atomic mass is 32.1. The van der Waals surface area contributed by atoms with Crippen LogP contribution in [0.3, 0.4) is 0 Å². The van der Waals surface area contributed by atoms with Crippen LogP contribution in [-0.2, 0) is 11.3 Å². The highest BCUT2D eigenvalue weighted by Gasteiger charge is 2.22. The van der Waals surface area contributed by atoms with E-state index < -0.39 is 0 Å². The number of piperidine rings is 1. The first-order chi connectivity index (χ1) is 12.5. The molecule has 2 aromatic rings. The van der Waals surface area contributed by atoms with Crippen molar-refractivity contribution in [3.63, 3.8) is 0 Å². The van der Waals surface area contributed by atoms with Gasteiger partial charge in [-0.05, 0) is 58.2 Å². The molecule has 7 heteroatoms. The zero-order valence-corrected chi connectivity index (χ0v) is 16.7. The molecule has 0 aromatic carbocycles. The fourth-order valence-electron chi connectivity index (χ4n) is 3.62. The van der Waals surface area contributed by atoms with Crippen LogP contribution in [-0.4, -0.2) is 47.0 Å². The zero-order chi connectivity index (χ0) is 18.7. The minimum atomic E-state index is -0.0320. The minimum absolute atomic E-state index is 0.0320. The number of nitrogens with one attached hydrogen (secondary N) is 1. The molecular weight excluding hydrogens is 348 g/mol. The second kappa shape index (κ2) is 8.31. The van der Waals surface area contributed by atoms with Gasteiger partial charge in [-0.1, -0.05) is 0 Å². The van der Waals surface area contributed by atoms with Crippen LogP contribution in [0.5, 0.6) is 0 Å². The van der Waals surface area contributed by atoms with Gasteiger partial charge in [-0.15, -0.1) is 11.3 Å². The number of hydrogen-bond donors (Lipinski definition) is 1. The van der Waals surface area contributed by atoms with Gasteiger partial charge in [-0.25, -0.2) is 4.98 Å². The molecule has 1 saturated heterocycles. The fraction of sp³-hybridized carbons (Fsp3) is 0.632. The van der Waals surface area contributed by atoms with Crippen molar-refractivity contribution in [3.8, 4) is 0 Å². The Bertz CT molecular complexity index is 834. The molecule has 1 amide bonds. The summed E-state index contributed by atoms with van der Waals surface area (Å²) in [5.41, 5.74) is 0.974. The van der Waals surface area contributed by atoms with Gasteiger partial charge in [0.25, 0.3) is 5.56 Å². The number of nitrogens with zero attached hydrogens (tertiary/aromatic N) is 3. The van der Waals surface area contributed by atoms with Crippen LogP contribution < -0.4 is 10.9 Å². The predicted molar refractivity (Wildman–Crippen MR) is 106 cm³/mol. The van der Waals surface area contributed by atoms with E-state index in [1.807, 2.05) is 25.8 Å². The first kappa shape index (κ1) is 19.0. The van der Waals surface area contributed by atoms with Gasteiger partial charge in [-0.2, -0.15) is 0 Å². The molecular formula is C19H28N4O2S. The van der Waals surface area contributed by atoms with Crippen molar-refractivity contribution in [1.82, 2.24) is 19.8 Å². The molecule has 0 aliphatic carbocycles. The number of hydrogen-bond acceptors (Lipinski definition) is 5. The summed E-state index contributed by atoms with van der Waals surface area (Å²) < 4.78 is 1.58. The lowest BCUT2D eigenvalue weighted by molar-refractivity contribution is -0.132. The molecule has 0 atom stereocenters. The number of carbonyl (C=O) groups excluding carboxylic acids is 1. The molecule has 3 rings (SSSR count). The van der Waals surface area contributed by atoms with Crippen molar-refractivity contribution in [2.45, 2.75) is 46.1 Å². The Morgan fingerprint density at radius 3 is 2.77 bits per heavy atom. The van der Waals surface area contributed by atoms with Crippen molar-refractivity contribution in [1.29, 1.82) is 0 Å². The summed E-state index contributed by atoms with van der Waals surface area (Å²) in [5.74, 6) is 0.854. The lowest BCUT2D eigenvalue weighted by Crippen LogP contribution is -2.39. The van der Waals surface area contributed by atoms with Crippen LogP contribution >= 0.6 is 11.3 Å². The van der Waals surface area contributed by atoms with Crippen LogP contribution in [0.15, 0.2) is 11.1 Å². The van der Waals surface area contributed by atoms with Gasteiger partial charge in [0.1, 0.15) is 4.83 Å². The van der Waals surface area contributed by atoms with E-state index in [2.05, 4.69) is 10.3 Å². The van der Waals surface area contributed by atoms with Crippen molar-refractivity contribution in [2.75, 3.05) is 26.7 Å². The summed E-state index contributed by atoms with van der Waals surface area (Å²) in [7, 11) is 1.98. The summed E-state index contributed by atoms with van der Waals surface area (Å²) >= 11 is 1.55. The second-order valence-electron chi connectivity index (χ2n) is 7.17. The van der Waals surface area contributed by atoms with E-state index in [1.54, 1.807) is 22.2 Å². The highest BCUT2D eigenvalue weighted by molar-refractivity contribution is 7.18. The maximum atomic E-state index is 12.7. The standard InChI is InChI=1S/C19H28N4O2S/c1-13-14(2)26-18-17(13)19(25)23(12-21-18)11-7-16(24)22-9-5-15(6-10-22)4-8-20-3/h12,15,20H,4-11H2,1-3H3. The molecule has 2 aromatic heterocycles. The fourth-order valence-corrected chi connectivity index (χ4v) is 4.61. The van der Waals surface area contributed by atoms with Crippen molar-refractivity contribution >= 4 is 27.5 Å². The topological polar surface area (TPSA) is 67.2 Å². The van der Waals surface area contributed by atoms with Crippen LogP contribution in [0.2, 0.25) is 0 Å². The van der Waals surface area contributed by atoms with Crippen LogP contribution in [0.4, 0.5) is 0 Å². The van der Waals surface area contributed by atoms with Gasteiger partial charge < -0.3 is 10.2 Å². The van der Waals surface area contributed by atoms with Crippen molar-refractivity contribution in [3.05, 3.63) is 27.1 Å². The number of amides is 1. The summed E-state index contributed by atoms with van der Waals surface area (Å²) in [4.78, 5) is 33.5. The molecule has 0 unspecified atom stereocenters. The van der Waals surface area contributed by atoms with E-state index >= 15 is 0 Å². The molecule has 6 nitrogen and oxygen atoms in total. The predicted octanol–water partition coefficient (Wildman–Crippen LogP) is 2.31. The maximum Gasteiger partial charge on any atom is 0.262 e. The minimum Gasteiger partial charge on any atom is -0.343 e. The van der Waals surface area contributed by atoms with Crippen molar-refractivity contribution in [2.24, 2.45) is 5.92 Å². The van der Waals surface area contributed by atoms with Crippen molar-refractivity contribution < 1.29 is 4.79 Å². The third-order valence-corrected chi connectivity index (χ3v) is 6.61. The molecule has 0 bridgehead atoms. The molecule has 0 radical (unpaired) electrons. The summed E-state index contributed by atoms with van der Waals surface area (Å²) in [6.07, 6.45) is 5.27. The Hall–Kier alpha value is -1.73.